The molecule has 0 aromatic carbocycles. The summed E-state index contributed by atoms with van der Waals surface area (Å²) >= 11 is 5.41. The van der Waals surface area contributed by atoms with E-state index in [1.807, 2.05) is 0 Å². The van der Waals surface area contributed by atoms with Crippen molar-refractivity contribution < 1.29 is 4.92 Å². The predicted octanol–water partition coefficient (Wildman–Crippen LogP) is 0.808. The summed E-state index contributed by atoms with van der Waals surface area (Å²) in [6.07, 6.45) is 0. The molecule has 0 aliphatic heterocycles. The number of anilines is 2. The van der Waals surface area contributed by atoms with Crippen molar-refractivity contribution in [1.82, 2.24) is 4.98 Å². The lowest BCUT2D eigenvalue weighted by molar-refractivity contribution is -0.384. The molecule has 1 rings (SSSR count). The Labute approximate surface area is 72.3 Å². The molecule has 0 bridgehead atoms. The highest BCUT2D eigenvalue weighted by Crippen LogP contribution is 2.26. The molecule has 0 aliphatic carbocycles. The largest absolute Gasteiger partial charge is 0.396 e. The van der Waals surface area contributed by atoms with Gasteiger partial charge >= 0.3 is 5.69 Å². The summed E-state index contributed by atoms with van der Waals surface area (Å²) in [4.78, 5) is 13.1. The number of hydrogen-bond acceptors (Lipinski definition) is 5. The SMILES string of the molecule is Nc1cc([N+](=O)[O-])c(Cl)nc1N. The third-order valence-corrected chi connectivity index (χ3v) is 1.49. The minimum absolute atomic E-state index is 0.00870. The van der Waals surface area contributed by atoms with Crippen LogP contribution in [0.4, 0.5) is 17.2 Å². The molecule has 64 valence electrons. The summed E-state index contributed by atoms with van der Waals surface area (Å²) < 4.78 is 0. The van der Waals surface area contributed by atoms with E-state index in [1.54, 1.807) is 0 Å². The molecule has 0 fully saturated rings. The Hall–Kier alpha value is -1.56. The molecule has 7 heteroatoms. The predicted molar refractivity (Wildman–Crippen MR) is 44.7 cm³/mol. The molecule has 0 aliphatic rings. The standard InChI is InChI=1S/C5H5ClN4O2/c6-4-3(10(11)12)1-2(7)5(8)9-4/h1H,7H2,(H2,8,9). The number of nitro groups is 1. The zero-order valence-electron chi connectivity index (χ0n) is 5.82. The molecule has 1 heterocycles. The fourth-order valence-corrected chi connectivity index (χ4v) is 0.851. The van der Waals surface area contributed by atoms with Gasteiger partial charge in [0.2, 0.25) is 5.15 Å². The van der Waals surface area contributed by atoms with E-state index < -0.39 is 4.92 Å². The van der Waals surface area contributed by atoms with Gasteiger partial charge in [-0.25, -0.2) is 4.98 Å². The van der Waals surface area contributed by atoms with Crippen LogP contribution in [0.1, 0.15) is 0 Å². The fraction of sp³-hybridized carbons (Fsp3) is 0. The molecule has 1 aromatic heterocycles. The van der Waals surface area contributed by atoms with Gasteiger partial charge in [-0.3, -0.25) is 10.1 Å². The number of halogens is 1. The van der Waals surface area contributed by atoms with Gasteiger partial charge < -0.3 is 11.5 Å². The lowest BCUT2D eigenvalue weighted by atomic mass is 10.3. The van der Waals surface area contributed by atoms with Gasteiger partial charge in [0.1, 0.15) is 5.82 Å². The van der Waals surface area contributed by atoms with Crippen LogP contribution in [0.15, 0.2) is 6.07 Å². The molecule has 0 spiro atoms. The summed E-state index contributed by atoms with van der Waals surface area (Å²) in [6.45, 7) is 0. The average Bonchev–Trinajstić information content (AvgIpc) is 1.96. The molecule has 6 nitrogen and oxygen atoms in total. The average molecular weight is 189 g/mol. The smallest absolute Gasteiger partial charge is 0.308 e. The first-order valence-corrected chi connectivity index (χ1v) is 3.26. The maximum atomic E-state index is 10.3. The monoisotopic (exact) mass is 188 g/mol. The molecular weight excluding hydrogens is 184 g/mol. The summed E-state index contributed by atoms with van der Waals surface area (Å²) in [6, 6.07) is 1.07. The minimum Gasteiger partial charge on any atom is -0.396 e. The van der Waals surface area contributed by atoms with Gasteiger partial charge in [0, 0.05) is 6.07 Å². The van der Waals surface area contributed by atoms with Gasteiger partial charge in [-0.2, -0.15) is 0 Å². The van der Waals surface area contributed by atoms with E-state index in [1.165, 1.54) is 0 Å². The van der Waals surface area contributed by atoms with Crippen LogP contribution in [-0.2, 0) is 0 Å². The third-order valence-electron chi connectivity index (χ3n) is 1.21. The quantitative estimate of drug-likeness (QED) is 0.385. The van der Waals surface area contributed by atoms with Crippen LogP contribution >= 0.6 is 11.6 Å². The van der Waals surface area contributed by atoms with E-state index >= 15 is 0 Å². The van der Waals surface area contributed by atoms with Crippen molar-refractivity contribution in [3.8, 4) is 0 Å². The highest BCUT2D eigenvalue weighted by molar-refractivity contribution is 6.31. The van der Waals surface area contributed by atoms with Crippen molar-refractivity contribution >= 4 is 28.8 Å². The number of nitrogen functional groups attached to an aromatic ring is 2. The minimum atomic E-state index is -0.675. The van der Waals surface area contributed by atoms with Crippen LogP contribution in [0, 0.1) is 10.1 Å². The van der Waals surface area contributed by atoms with Gasteiger partial charge in [-0.15, -0.1) is 0 Å². The van der Waals surface area contributed by atoms with Crippen molar-refractivity contribution in [2.24, 2.45) is 0 Å². The maximum absolute atomic E-state index is 10.3. The van der Waals surface area contributed by atoms with E-state index in [2.05, 4.69) is 4.98 Å². The lowest BCUT2D eigenvalue weighted by Gasteiger charge is -1.99. The number of nitrogens with zero attached hydrogens (tertiary/aromatic N) is 2. The summed E-state index contributed by atoms with van der Waals surface area (Å²) in [5, 5.41) is 10.0. The van der Waals surface area contributed by atoms with Crippen molar-refractivity contribution in [3.63, 3.8) is 0 Å². The first-order valence-electron chi connectivity index (χ1n) is 2.88. The van der Waals surface area contributed by atoms with Gasteiger partial charge in [-0.1, -0.05) is 11.6 Å². The normalized spacial score (nSPS) is 9.75. The zero-order chi connectivity index (χ0) is 9.30. The summed E-state index contributed by atoms with van der Waals surface area (Å²) in [5.74, 6) is -0.00870. The van der Waals surface area contributed by atoms with Crippen molar-refractivity contribution in [2.45, 2.75) is 0 Å². The Kier molecular flexibility index (Phi) is 2.01. The molecule has 1 aromatic rings. The van der Waals surface area contributed by atoms with E-state index in [4.69, 9.17) is 23.1 Å². The molecule has 0 saturated carbocycles. The maximum Gasteiger partial charge on any atom is 0.308 e. The first kappa shape index (κ1) is 8.54. The van der Waals surface area contributed by atoms with E-state index in [0.29, 0.717) is 0 Å². The molecule has 0 unspecified atom stereocenters. The van der Waals surface area contributed by atoms with E-state index in [0.717, 1.165) is 6.07 Å². The Morgan fingerprint density at radius 1 is 1.58 bits per heavy atom. The Balaban J connectivity index is 3.33. The second kappa shape index (κ2) is 2.82. The summed E-state index contributed by atoms with van der Waals surface area (Å²) in [5.41, 5.74) is 10.2. The number of aromatic nitrogens is 1. The molecule has 4 N–H and O–H groups in total. The van der Waals surface area contributed by atoms with Gasteiger partial charge in [0.25, 0.3) is 0 Å². The topological polar surface area (TPSA) is 108 Å². The molecule has 12 heavy (non-hydrogen) atoms. The van der Waals surface area contributed by atoms with E-state index in [9.17, 15) is 10.1 Å². The fourth-order valence-electron chi connectivity index (χ4n) is 0.636. The highest BCUT2D eigenvalue weighted by atomic mass is 35.5. The van der Waals surface area contributed by atoms with Crippen LogP contribution < -0.4 is 11.5 Å². The van der Waals surface area contributed by atoms with Crippen molar-refractivity contribution in [3.05, 3.63) is 21.3 Å². The number of rotatable bonds is 1. The van der Waals surface area contributed by atoms with Gasteiger partial charge in [-0.05, 0) is 0 Å². The van der Waals surface area contributed by atoms with Crippen LogP contribution in [0.5, 0.6) is 0 Å². The first-order chi connectivity index (χ1) is 5.52. The van der Waals surface area contributed by atoms with Crippen LogP contribution in [0.25, 0.3) is 0 Å². The zero-order valence-corrected chi connectivity index (χ0v) is 6.58. The Bertz CT molecular complexity index is 340. The van der Waals surface area contributed by atoms with Crippen LogP contribution in [-0.4, -0.2) is 9.91 Å². The number of pyridine rings is 1. The van der Waals surface area contributed by atoms with E-state index in [-0.39, 0.29) is 22.3 Å². The van der Waals surface area contributed by atoms with Crippen LogP contribution in [0.2, 0.25) is 5.15 Å². The second-order valence-electron chi connectivity index (χ2n) is 2.03. The number of hydrogen-bond donors (Lipinski definition) is 2. The summed E-state index contributed by atoms with van der Waals surface area (Å²) in [7, 11) is 0. The Morgan fingerprint density at radius 3 is 2.67 bits per heavy atom. The van der Waals surface area contributed by atoms with Crippen molar-refractivity contribution in [1.29, 1.82) is 0 Å². The molecular formula is C5H5ClN4O2. The molecule has 0 atom stereocenters. The Morgan fingerprint density at radius 2 is 2.17 bits per heavy atom. The molecule has 0 amide bonds. The second-order valence-corrected chi connectivity index (χ2v) is 2.39. The van der Waals surface area contributed by atoms with Crippen molar-refractivity contribution in [2.75, 3.05) is 11.5 Å². The molecule has 0 saturated heterocycles. The third kappa shape index (κ3) is 1.37. The molecule has 0 radical (unpaired) electrons. The number of nitrogens with two attached hydrogens (primary N) is 2. The van der Waals surface area contributed by atoms with Gasteiger partial charge in [0.05, 0.1) is 10.6 Å². The highest BCUT2D eigenvalue weighted by Gasteiger charge is 2.15. The van der Waals surface area contributed by atoms with Crippen LogP contribution in [0.3, 0.4) is 0 Å². The lowest BCUT2D eigenvalue weighted by Crippen LogP contribution is -2.00. The van der Waals surface area contributed by atoms with Gasteiger partial charge in [0.15, 0.2) is 0 Å².